The first kappa shape index (κ1) is 61.0. The van der Waals surface area contributed by atoms with E-state index in [-0.39, 0.29) is 63.6 Å². The number of rotatable bonds is 20. The number of carbonyl (C=O) groups is 3. The molecule has 6 fully saturated rings. The minimum absolute atomic E-state index is 0.00972. The molecule has 74 heavy (non-hydrogen) atoms. The van der Waals surface area contributed by atoms with E-state index < -0.39 is 183 Å². The molecule has 0 spiro atoms. The lowest BCUT2D eigenvalue weighted by Gasteiger charge is -2.47. The number of carbonyl (C=O) groups excluding carboxylic acids is 3. The molecule has 31 heteroatoms. The summed E-state index contributed by atoms with van der Waals surface area (Å²) in [6, 6.07) is -6.52. The Labute approximate surface area is 431 Å². The van der Waals surface area contributed by atoms with Crippen LogP contribution in [0.15, 0.2) is 0 Å². The zero-order chi connectivity index (χ0) is 54.7. The Morgan fingerprint density at radius 3 is 1.78 bits per heavy atom. The van der Waals surface area contributed by atoms with Crippen LogP contribution in [0.3, 0.4) is 0 Å². The number of imide groups is 1. The Hall–Kier alpha value is -2.20. The van der Waals surface area contributed by atoms with Crippen molar-refractivity contribution in [2.45, 2.75) is 199 Å². The van der Waals surface area contributed by atoms with Crippen molar-refractivity contribution in [2.75, 3.05) is 50.9 Å². The fourth-order valence-corrected chi connectivity index (χ4v) is 10.7. The van der Waals surface area contributed by atoms with Gasteiger partial charge < -0.3 is 134 Å². The number of nitrogens with two attached hydrogens (primary N) is 6. The van der Waals surface area contributed by atoms with Crippen molar-refractivity contribution in [3.63, 3.8) is 0 Å². The van der Waals surface area contributed by atoms with Gasteiger partial charge in [0.25, 0.3) is 0 Å². The lowest BCUT2D eigenvalue weighted by atomic mass is 9.84. The maximum absolute atomic E-state index is 13.9. The first-order chi connectivity index (χ1) is 34.9. The molecule has 0 aromatic heterocycles. The van der Waals surface area contributed by atoms with Crippen molar-refractivity contribution < 1.29 is 103 Å². The number of ether oxygens (including phenoxy) is 8. The van der Waals surface area contributed by atoms with Crippen LogP contribution in [0.5, 0.6) is 0 Å². The van der Waals surface area contributed by atoms with Gasteiger partial charge in [-0.25, -0.2) is 4.79 Å². The van der Waals surface area contributed by atoms with E-state index >= 15 is 0 Å². The predicted octanol–water partition coefficient (Wildman–Crippen LogP) is -10.0. The Morgan fingerprint density at radius 2 is 1.22 bits per heavy atom. The van der Waals surface area contributed by atoms with Gasteiger partial charge in [0.05, 0.1) is 43.9 Å². The average Bonchev–Trinajstić information content (AvgIpc) is 3.64. The monoisotopic (exact) mass is 1090 g/mol. The van der Waals surface area contributed by atoms with Gasteiger partial charge >= 0.3 is 6.03 Å². The number of aliphatic hydroxyl groups excluding tert-OH is 10. The zero-order valence-corrected chi connectivity index (χ0v) is 42.3. The SMILES string of the molecule is CC(C)(C)N1C(=O)CC(C(=O)NCCSC[C@H]2O[C@@H](O[C@@H]3[C@@H](O)[C@H](N)C[C@H](N)[C@H]3O[C@H]3O[C@H](CN)[C@@H](O)[C@H](O)[C@H]3N)[C@H](O)[C@@H]2O[C@H]2O[C@@H](CN)[C@@H](O)[C@H](O)[C@H]2N)N(CCCO[C@H]2O[C@H](CO)[C@@H](O)[C@H](O)[C@@H]2O)C1=O. The maximum atomic E-state index is 13.9. The second kappa shape index (κ2) is 26.2. The van der Waals surface area contributed by atoms with Crippen molar-refractivity contribution >= 4 is 29.6 Å². The van der Waals surface area contributed by atoms with E-state index in [0.717, 1.165) is 4.90 Å². The molecule has 1 aliphatic carbocycles. The molecule has 30 nitrogen and oxygen atoms in total. The first-order valence-corrected chi connectivity index (χ1v) is 25.9. The highest BCUT2D eigenvalue weighted by Crippen LogP contribution is 2.36. The fourth-order valence-electron chi connectivity index (χ4n) is 9.82. The third-order valence-corrected chi connectivity index (χ3v) is 15.2. The van der Waals surface area contributed by atoms with Crippen LogP contribution in [0.2, 0.25) is 0 Å². The van der Waals surface area contributed by atoms with Gasteiger partial charge in [-0.2, -0.15) is 11.8 Å². The first-order valence-electron chi connectivity index (χ1n) is 24.7. The van der Waals surface area contributed by atoms with Gasteiger partial charge in [-0.1, -0.05) is 0 Å². The van der Waals surface area contributed by atoms with Gasteiger partial charge in [-0.05, 0) is 33.6 Å². The molecule has 1 unspecified atom stereocenters. The van der Waals surface area contributed by atoms with Crippen LogP contribution < -0.4 is 39.7 Å². The summed E-state index contributed by atoms with van der Waals surface area (Å²) >= 11 is 1.21. The summed E-state index contributed by atoms with van der Waals surface area (Å²) in [6.07, 6.45) is -28.8. The van der Waals surface area contributed by atoms with Gasteiger partial charge in [0.15, 0.2) is 25.2 Å². The summed E-state index contributed by atoms with van der Waals surface area (Å²) in [7, 11) is 0. The molecule has 4 amide bonds. The van der Waals surface area contributed by atoms with Crippen molar-refractivity contribution in [2.24, 2.45) is 34.4 Å². The largest absolute Gasteiger partial charge is 0.394 e. The number of amides is 4. The summed E-state index contributed by atoms with van der Waals surface area (Å²) in [5.74, 6) is -1.04. The summed E-state index contributed by atoms with van der Waals surface area (Å²) in [4.78, 5) is 43.3. The highest BCUT2D eigenvalue weighted by Gasteiger charge is 2.55. The predicted molar refractivity (Wildman–Crippen MR) is 253 cm³/mol. The van der Waals surface area contributed by atoms with Crippen molar-refractivity contribution in [3.05, 3.63) is 0 Å². The fraction of sp³-hybridized carbons (Fsp3) is 0.930. The van der Waals surface area contributed by atoms with Gasteiger partial charge in [0, 0.05) is 55.3 Å². The molecule has 25 atom stereocenters. The third-order valence-electron chi connectivity index (χ3n) is 14.1. The molecule has 0 aromatic carbocycles. The van der Waals surface area contributed by atoms with Crippen LogP contribution in [0, 0.1) is 0 Å². The van der Waals surface area contributed by atoms with Crippen molar-refractivity contribution in [1.29, 1.82) is 0 Å². The van der Waals surface area contributed by atoms with Crippen LogP contribution in [0.25, 0.3) is 0 Å². The van der Waals surface area contributed by atoms with Gasteiger partial charge in [0.1, 0.15) is 91.5 Å². The molecule has 0 bridgehead atoms. The number of hydrogen-bond donors (Lipinski definition) is 17. The van der Waals surface area contributed by atoms with Crippen LogP contribution in [0.4, 0.5) is 4.79 Å². The number of urea groups is 1. The standard InChI is InChI=1S/C43H79N9O21S/c1-43(2,3)52-22(54)10-17(51(42(52)65)6-4-7-66-40-32(62)31(61)28(58)20(13-53)69-40)37(64)50-5-8-74-14-21-35(72-39-24(49)30(60)27(57)19(12-45)68-39)33(63)41(70-21)73-36-25(55)15(46)9-16(47)34(36)71-38-23(48)29(59)26(56)18(11-44)67-38/h15-21,23-36,38-41,53,55-63H,4-14,44-49H2,1-3H3,(H,50,64)/t15-,16+,17?,18-,19+,20-,21-,23-,24-,25+,26-,27-,28-,29-,30-,31+,32+,33-,34-,35-,36-,38-,39-,40+,41+/m1/s1. The van der Waals surface area contributed by atoms with Gasteiger partial charge in [-0.15, -0.1) is 0 Å². The van der Waals surface area contributed by atoms with E-state index in [2.05, 4.69) is 5.32 Å². The molecule has 1 saturated carbocycles. The molecule has 5 aliphatic heterocycles. The Morgan fingerprint density at radius 1 is 0.676 bits per heavy atom. The van der Waals surface area contributed by atoms with Crippen LogP contribution in [-0.4, -0.2) is 288 Å². The molecule has 23 N–H and O–H groups in total. The van der Waals surface area contributed by atoms with Crippen molar-refractivity contribution in [1.82, 2.24) is 15.1 Å². The molecule has 428 valence electrons. The summed E-state index contributed by atoms with van der Waals surface area (Å²) in [5, 5.41) is 108. The van der Waals surface area contributed by atoms with E-state index in [9.17, 15) is 65.4 Å². The van der Waals surface area contributed by atoms with Crippen LogP contribution >= 0.6 is 11.8 Å². The molecule has 6 aliphatic rings. The molecule has 5 saturated heterocycles. The Kier molecular flexibility index (Phi) is 21.6. The molecular weight excluding hydrogens is 1010 g/mol. The topological polar surface area (TPSA) is 502 Å². The summed E-state index contributed by atoms with van der Waals surface area (Å²) in [5.41, 5.74) is 35.8. The van der Waals surface area contributed by atoms with E-state index in [1.165, 1.54) is 16.7 Å². The Bertz CT molecular complexity index is 1840. The number of aliphatic hydroxyl groups is 10. The van der Waals surface area contributed by atoms with E-state index in [1.54, 1.807) is 20.8 Å². The lowest BCUT2D eigenvalue weighted by Crippen LogP contribution is -2.68. The van der Waals surface area contributed by atoms with Crippen LogP contribution in [0.1, 0.15) is 40.0 Å². The smallest absolute Gasteiger partial charge is 0.327 e. The number of hydrogen-bond acceptors (Lipinski definition) is 28. The molecule has 0 radical (unpaired) electrons. The van der Waals surface area contributed by atoms with Crippen molar-refractivity contribution in [3.8, 4) is 0 Å². The maximum Gasteiger partial charge on any atom is 0.327 e. The number of nitrogens with one attached hydrogen (secondary N) is 1. The highest BCUT2D eigenvalue weighted by molar-refractivity contribution is 7.99. The minimum atomic E-state index is -1.69. The average molecular weight is 1090 g/mol. The normalized spacial score (nSPS) is 44.5. The zero-order valence-electron chi connectivity index (χ0n) is 41.4. The molecular formula is C43H79N9O21S. The minimum Gasteiger partial charge on any atom is -0.394 e. The van der Waals surface area contributed by atoms with Gasteiger partial charge in [-0.3, -0.25) is 14.5 Å². The second-order valence-corrected chi connectivity index (χ2v) is 21.6. The summed E-state index contributed by atoms with van der Waals surface area (Å²) < 4.78 is 47.4. The second-order valence-electron chi connectivity index (χ2n) is 20.4. The third kappa shape index (κ3) is 13.4. The molecule has 5 heterocycles. The van der Waals surface area contributed by atoms with E-state index in [0.29, 0.717) is 0 Å². The number of thioether (sulfide) groups is 1. The summed E-state index contributed by atoms with van der Waals surface area (Å²) in [6.45, 7) is 3.60. The molecule has 0 aromatic rings. The number of nitrogens with zero attached hydrogens (tertiary/aromatic N) is 2. The van der Waals surface area contributed by atoms with Gasteiger partial charge in [0.2, 0.25) is 11.8 Å². The van der Waals surface area contributed by atoms with E-state index in [4.69, 9.17) is 72.3 Å². The Balaban J connectivity index is 1.12. The lowest BCUT2D eigenvalue weighted by molar-refractivity contribution is -0.306. The highest BCUT2D eigenvalue weighted by atomic mass is 32.2. The van der Waals surface area contributed by atoms with Crippen LogP contribution in [-0.2, 0) is 47.5 Å². The molecule has 6 rings (SSSR count). The quantitative estimate of drug-likeness (QED) is 0.0503. The van der Waals surface area contributed by atoms with E-state index in [1.807, 2.05) is 0 Å².